The highest BCUT2D eigenvalue weighted by Gasteiger charge is 2.69. The van der Waals surface area contributed by atoms with Gasteiger partial charge in [-0.1, -0.05) is 19.9 Å². The quantitative estimate of drug-likeness (QED) is 0.301. The Morgan fingerprint density at radius 1 is 1.17 bits per heavy atom. The summed E-state index contributed by atoms with van der Waals surface area (Å²) in [5.41, 5.74) is 3.31. The van der Waals surface area contributed by atoms with Crippen LogP contribution in [0.1, 0.15) is 41.8 Å². The van der Waals surface area contributed by atoms with Gasteiger partial charge in [-0.2, -0.15) is 0 Å². The fourth-order valence-electron chi connectivity index (χ4n) is 6.26. The van der Waals surface area contributed by atoms with E-state index in [-0.39, 0.29) is 24.2 Å². The van der Waals surface area contributed by atoms with Crippen LogP contribution < -0.4 is 5.73 Å². The molecule has 10 heteroatoms. The van der Waals surface area contributed by atoms with Crippen LogP contribution in [0.25, 0.3) is 6.08 Å². The summed E-state index contributed by atoms with van der Waals surface area (Å²) in [7, 11) is 1.21. The fraction of sp³-hybridized carbons (Fsp3) is 0.462. The van der Waals surface area contributed by atoms with Crippen molar-refractivity contribution < 1.29 is 43.7 Å². The van der Waals surface area contributed by atoms with Gasteiger partial charge in [-0.05, 0) is 47.9 Å². The molecule has 4 N–H and O–H groups in total. The van der Waals surface area contributed by atoms with Crippen LogP contribution in [0.2, 0.25) is 0 Å². The minimum absolute atomic E-state index is 0.0142. The molecule has 0 aliphatic heterocycles. The van der Waals surface area contributed by atoms with Gasteiger partial charge in [-0.15, -0.1) is 0 Å². The maximum absolute atomic E-state index is 13.7. The van der Waals surface area contributed by atoms with Gasteiger partial charge in [0.15, 0.2) is 34.7 Å². The van der Waals surface area contributed by atoms with Gasteiger partial charge in [-0.25, -0.2) is 4.79 Å². The molecule has 3 aliphatic rings. The Morgan fingerprint density at radius 2 is 1.83 bits per heavy atom. The first-order chi connectivity index (χ1) is 16.9. The number of primary amides is 1. The number of amides is 1. The number of esters is 1. The third kappa shape index (κ3) is 3.50. The van der Waals surface area contributed by atoms with Crippen LogP contribution >= 0.6 is 0 Å². The molecular formula is C26H27NO9. The third-order valence-corrected chi connectivity index (χ3v) is 7.83. The van der Waals surface area contributed by atoms with Crippen LogP contribution in [0.3, 0.4) is 0 Å². The van der Waals surface area contributed by atoms with Crippen molar-refractivity contribution in [2.24, 2.45) is 41.2 Å². The number of ether oxygens (including phenoxy) is 1. The second kappa shape index (κ2) is 8.77. The normalized spacial score (nSPS) is 31.8. The van der Waals surface area contributed by atoms with Gasteiger partial charge in [0.05, 0.1) is 18.6 Å². The molecule has 0 bridgehead atoms. The highest BCUT2D eigenvalue weighted by Crippen LogP contribution is 2.53. The Labute approximate surface area is 206 Å². The van der Waals surface area contributed by atoms with Crippen molar-refractivity contribution in [3.8, 4) is 5.75 Å². The first-order valence-electron chi connectivity index (χ1n) is 11.6. The lowest BCUT2D eigenvalue weighted by atomic mass is 9.49. The number of hydrogen-bond donors (Lipinski definition) is 3. The summed E-state index contributed by atoms with van der Waals surface area (Å²) >= 11 is 0. The van der Waals surface area contributed by atoms with E-state index in [0.717, 1.165) is 6.08 Å². The minimum Gasteiger partial charge on any atom is -0.507 e. The predicted molar refractivity (Wildman–Crippen MR) is 123 cm³/mol. The zero-order valence-electron chi connectivity index (χ0n) is 20.0. The van der Waals surface area contributed by atoms with Crippen molar-refractivity contribution in [3.05, 3.63) is 34.9 Å². The van der Waals surface area contributed by atoms with Crippen molar-refractivity contribution in [1.29, 1.82) is 0 Å². The van der Waals surface area contributed by atoms with E-state index >= 15 is 0 Å². The first-order valence-corrected chi connectivity index (χ1v) is 11.6. The highest BCUT2D eigenvalue weighted by atomic mass is 16.5. The minimum atomic E-state index is -2.73. The number of fused-ring (bicyclic) bond motifs is 3. The molecule has 0 aromatic heterocycles. The molecule has 6 atom stereocenters. The van der Waals surface area contributed by atoms with Crippen molar-refractivity contribution >= 4 is 41.1 Å². The number of Topliss-reactive ketones (excluding diaryl/α,β-unsaturated/α-hetero) is 4. The zero-order chi connectivity index (χ0) is 26.7. The van der Waals surface area contributed by atoms with Gasteiger partial charge in [0.2, 0.25) is 5.91 Å². The van der Waals surface area contributed by atoms with E-state index in [1.807, 2.05) is 0 Å². The van der Waals surface area contributed by atoms with Gasteiger partial charge >= 0.3 is 5.97 Å². The molecular weight excluding hydrogens is 470 g/mol. The van der Waals surface area contributed by atoms with E-state index in [0.29, 0.717) is 11.1 Å². The molecule has 36 heavy (non-hydrogen) atoms. The van der Waals surface area contributed by atoms with Gasteiger partial charge in [0.1, 0.15) is 5.75 Å². The Morgan fingerprint density at radius 3 is 2.42 bits per heavy atom. The molecule has 10 nitrogen and oxygen atoms in total. The summed E-state index contributed by atoms with van der Waals surface area (Å²) < 4.78 is 4.60. The molecule has 1 aromatic rings. The van der Waals surface area contributed by atoms with Crippen LogP contribution in [-0.2, 0) is 35.1 Å². The molecule has 0 radical (unpaired) electrons. The predicted octanol–water partition coefficient (Wildman–Crippen LogP) is 0.395. The number of phenolic OH excluding ortho intramolecular Hbond substituents is 1. The number of nitrogens with two attached hydrogens (primary N) is 1. The number of carbonyl (C=O) groups excluding carboxylic acids is 6. The van der Waals surface area contributed by atoms with Crippen LogP contribution in [-0.4, -0.2) is 57.9 Å². The number of methoxy groups -OCH3 is 1. The van der Waals surface area contributed by atoms with Crippen LogP contribution in [0, 0.1) is 35.5 Å². The smallest absolute Gasteiger partial charge is 0.330 e. The largest absolute Gasteiger partial charge is 0.507 e. The van der Waals surface area contributed by atoms with E-state index in [9.17, 15) is 39.0 Å². The number of hydrogen-bond acceptors (Lipinski definition) is 9. The average Bonchev–Trinajstić information content (AvgIpc) is 2.80. The lowest BCUT2D eigenvalue weighted by Gasteiger charge is -2.52. The lowest BCUT2D eigenvalue weighted by molar-refractivity contribution is -0.182. The van der Waals surface area contributed by atoms with Gasteiger partial charge in [0.25, 0.3) is 0 Å². The standard InChI is InChI=1S/C26H27NO9/c1-10(2)17-14-9-12-8-13-11(5-7-16(29)36-3)4-6-15(28)19(13)22(31)18(12)23(32)26(14,35)24(33)20(21(17)30)25(27)34/h4-7,10,12,14,17-18,20,28,35H,8-9H2,1-3H3,(H2,27,34)/t12-,14-,17-,18?,20?,26-/m0/s1. The summed E-state index contributed by atoms with van der Waals surface area (Å²) in [4.78, 5) is 77.3. The monoisotopic (exact) mass is 497 g/mol. The summed E-state index contributed by atoms with van der Waals surface area (Å²) in [6.45, 7) is 3.37. The molecule has 190 valence electrons. The highest BCUT2D eigenvalue weighted by molar-refractivity contribution is 6.31. The number of aromatic hydroxyl groups is 1. The average molecular weight is 498 g/mol. The number of rotatable bonds is 4. The van der Waals surface area contributed by atoms with Gasteiger partial charge in [-0.3, -0.25) is 24.0 Å². The van der Waals surface area contributed by atoms with Crippen molar-refractivity contribution in [1.82, 2.24) is 0 Å². The van der Waals surface area contributed by atoms with E-state index < -0.39 is 76.1 Å². The Kier molecular flexibility index (Phi) is 6.20. The topological polar surface area (TPSA) is 178 Å². The molecule has 2 saturated carbocycles. The SMILES string of the molecule is COC(=O)C=Cc1ccc(O)c2c1C[C@H]1C[C@H]3[C@H](C(C)C)C(=O)C(C(N)=O)C(=O)[C@@]3(O)C(=O)C1C2=O. The second-order valence-electron chi connectivity index (χ2n) is 10.0. The van der Waals surface area contributed by atoms with E-state index in [4.69, 9.17) is 5.73 Å². The van der Waals surface area contributed by atoms with Crippen LogP contribution in [0.5, 0.6) is 5.75 Å². The Bertz CT molecular complexity index is 1250. The second-order valence-corrected chi connectivity index (χ2v) is 10.0. The Hall–Kier alpha value is -3.66. The van der Waals surface area contributed by atoms with E-state index in [1.54, 1.807) is 13.8 Å². The number of aliphatic hydroxyl groups is 1. The third-order valence-electron chi connectivity index (χ3n) is 7.83. The molecule has 4 rings (SSSR count). The first kappa shape index (κ1) is 25.4. The number of ketones is 4. The fourth-order valence-corrected chi connectivity index (χ4v) is 6.26. The summed E-state index contributed by atoms with van der Waals surface area (Å²) in [6, 6.07) is 2.77. The number of benzene rings is 1. The lowest BCUT2D eigenvalue weighted by Crippen LogP contribution is -2.71. The number of phenols is 1. The molecule has 1 aromatic carbocycles. The Balaban J connectivity index is 1.85. The van der Waals surface area contributed by atoms with Gasteiger partial charge < -0.3 is 20.7 Å². The van der Waals surface area contributed by atoms with Gasteiger partial charge in [0, 0.05) is 17.9 Å². The van der Waals surface area contributed by atoms with Crippen LogP contribution in [0.4, 0.5) is 0 Å². The molecule has 3 aliphatic carbocycles. The molecule has 2 fully saturated rings. The number of carbonyl (C=O) groups is 6. The van der Waals surface area contributed by atoms with Crippen molar-refractivity contribution in [2.45, 2.75) is 32.3 Å². The molecule has 0 saturated heterocycles. The molecule has 0 spiro atoms. The maximum atomic E-state index is 13.7. The van der Waals surface area contributed by atoms with Crippen molar-refractivity contribution in [2.75, 3.05) is 7.11 Å². The summed E-state index contributed by atoms with van der Waals surface area (Å²) in [6.07, 6.45) is 2.69. The van der Waals surface area contributed by atoms with Crippen LogP contribution in [0.15, 0.2) is 18.2 Å². The molecule has 2 unspecified atom stereocenters. The molecule has 1 amide bonds. The van der Waals surface area contributed by atoms with E-state index in [1.165, 1.54) is 25.3 Å². The zero-order valence-corrected chi connectivity index (χ0v) is 20.0. The van der Waals surface area contributed by atoms with E-state index in [2.05, 4.69) is 4.74 Å². The summed E-state index contributed by atoms with van der Waals surface area (Å²) in [5.74, 6) is -12.8. The molecule has 0 heterocycles. The van der Waals surface area contributed by atoms with Crippen molar-refractivity contribution in [3.63, 3.8) is 0 Å². The maximum Gasteiger partial charge on any atom is 0.330 e. The summed E-state index contributed by atoms with van der Waals surface area (Å²) in [5, 5.41) is 22.0.